The molecule has 0 saturated heterocycles. The highest BCUT2D eigenvalue weighted by atomic mass is 16.3. The summed E-state index contributed by atoms with van der Waals surface area (Å²) in [6.45, 7) is 4.32. The van der Waals surface area contributed by atoms with E-state index in [0.717, 1.165) is 38.5 Å². The summed E-state index contributed by atoms with van der Waals surface area (Å²) in [4.78, 5) is 12.5. The van der Waals surface area contributed by atoms with Crippen LogP contribution < -0.4 is 5.32 Å². The van der Waals surface area contributed by atoms with E-state index >= 15 is 0 Å². The minimum absolute atomic E-state index is 0.0744. The number of hydrogen-bond donors (Lipinski definition) is 3. The van der Waals surface area contributed by atoms with E-state index in [9.17, 15) is 15.0 Å². The predicted molar refractivity (Wildman–Crippen MR) is 285 cm³/mol. The fourth-order valence-corrected chi connectivity index (χ4v) is 8.86. The molecule has 0 radical (unpaired) electrons. The number of hydrogen-bond acceptors (Lipinski definition) is 3. The Morgan fingerprint density at radius 1 is 0.359 bits per heavy atom. The fraction of sp³-hybridized carbons (Fsp3) is 0.850. The van der Waals surface area contributed by atoms with Gasteiger partial charge in [0.25, 0.3) is 0 Å². The minimum atomic E-state index is -0.871. The van der Waals surface area contributed by atoms with Crippen LogP contribution in [0, 0.1) is 0 Å². The van der Waals surface area contributed by atoms with Crippen LogP contribution in [0.2, 0.25) is 0 Å². The monoisotopic (exact) mass is 896 g/mol. The number of unbranched alkanes of at least 4 members (excludes halogenated alkanes) is 40. The summed E-state index contributed by atoms with van der Waals surface area (Å²) in [5.74, 6) is -0.0744. The van der Waals surface area contributed by atoms with Crippen LogP contribution in [0.25, 0.3) is 0 Å². The summed E-state index contributed by atoms with van der Waals surface area (Å²) in [7, 11) is 0. The van der Waals surface area contributed by atoms with Crippen molar-refractivity contribution in [3.05, 3.63) is 48.6 Å². The molecular weight excluding hydrogens is 783 g/mol. The van der Waals surface area contributed by atoms with E-state index in [2.05, 4.69) is 55.6 Å². The molecular formula is C60H113NO3. The van der Waals surface area contributed by atoms with Crippen molar-refractivity contribution in [3.63, 3.8) is 0 Å². The lowest BCUT2D eigenvalue weighted by Crippen LogP contribution is -2.45. The van der Waals surface area contributed by atoms with Gasteiger partial charge in [0.15, 0.2) is 0 Å². The summed E-state index contributed by atoms with van der Waals surface area (Å²) in [5, 5.41) is 23.1. The lowest BCUT2D eigenvalue weighted by Gasteiger charge is -2.19. The highest BCUT2D eigenvalue weighted by Gasteiger charge is 2.18. The average Bonchev–Trinajstić information content (AvgIpc) is 3.30. The molecule has 4 heteroatoms. The van der Waals surface area contributed by atoms with Gasteiger partial charge in [-0.15, -0.1) is 0 Å². The number of nitrogens with one attached hydrogen (secondary N) is 1. The zero-order valence-corrected chi connectivity index (χ0v) is 43.3. The molecule has 2 atom stereocenters. The van der Waals surface area contributed by atoms with E-state index in [1.165, 1.54) is 250 Å². The zero-order chi connectivity index (χ0) is 46.3. The van der Waals surface area contributed by atoms with Crippen LogP contribution in [0.5, 0.6) is 0 Å². The third kappa shape index (κ3) is 51.3. The number of rotatable bonds is 53. The van der Waals surface area contributed by atoms with Crippen molar-refractivity contribution in [2.45, 2.75) is 321 Å². The van der Waals surface area contributed by atoms with Gasteiger partial charge in [-0.05, 0) is 70.6 Å². The highest BCUT2D eigenvalue weighted by Crippen LogP contribution is 2.17. The third-order valence-electron chi connectivity index (χ3n) is 13.3. The molecule has 0 aromatic carbocycles. The minimum Gasteiger partial charge on any atom is -0.394 e. The van der Waals surface area contributed by atoms with E-state index in [0.29, 0.717) is 6.42 Å². The normalized spacial score (nSPS) is 13.1. The third-order valence-corrected chi connectivity index (χ3v) is 13.3. The second-order valence-electron chi connectivity index (χ2n) is 19.7. The number of allylic oxidation sites excluding steroid dienone is 7. The van der Waals surface area contributed by atoms with Crippen LogP contribution in [0.15, 0.2) is 48.6 Å². The van der Waals surface area contributed by atoms with Crippen LogP contribution in [-0.2, 0) is 4.79 Å². The first-order valence-corrected chi connectivity index (χ1v) is 28.9. The Bertz CT molecular complexity index is 1020. The Labute approximate surface area is 401 Å². The number of aliphatic hydroxyl groups excluding tert-OH is 2. The van der Waals surface area contributed by atoms with Gasteiger partial charge in [0.05, 0.1) is 18.8 Å². The van der Waals surface area contributed by atoms with Crippen molar-refractivity contribution < 1.29 is 15.0 Å². The Hall–Kier alpha value is -1.65. The molecule has 0 saturated carbocycles. The lowest BCUT2D eigenvalue weighted by atomic mass is 10.0. The second-order valence-corrected chi connectivity index (χ2v) is 19.7. The van der Waals surface area contributed by atoms with Gasteiger partial charge in [-0.1, -0.05) is 281 Å². The second kappa shape index (κ2) is 55.7. The van der Waals surface area contributed by atoms with E-state index in [1.807, 2.05) is 6.08 Å². The van der Waals surface area contributed by atoms with Gasteiger partial charge in [-0.25, -0.2) is 0 Å². The van der Waals surface area contributed by atoms with Gasteiger partial charge in [-0.2, -0.15) is 0 Å². The van der Waals surface area contributed by atoms with Crippen LogP contribution in [-0.4, -0.2) is 34.9 Å². The number of carbonyl (C=O) groups is 1. The quantitative estimate of drug-likeness (QED) is 0.0421. The topological polar surface area (TPSA) is 69.6 Å². The Kier molecular flexibility index (Phi) is 54.2. The van der Waals surface area contributed by atoms with Crippen molar-refractivity contribution in [1.82, 2.24) is 5.32 Å². The predicted octanol–water partition coefficient (Wildman–Crippen LogP) is 19.0. The van der Waals surface area contributed by atoms with Crippen LogP contribution >= 0.6 is 0 Å². The van der Waals surface area contributed by atoms with E-state index < -0.39 is 12.1 Å². The summed E-state index contributed by atoms with van der Waals surface area (Å²) in [5.41, 5.74) is 0. The molecule has 0 fully saturated rings. The molecule has 0 aliphatic carbocycles. The molecule has 4 nitrogen and oxygen atoms in total. The van der Waals surface area contributed by atoms with Crippen molar-refractivity contribution in [2.24, 2.45) is 0 Å². The van der Waals surface area contributed by atoms with Gasteiger partial charge >= 0.3 is 0 Å². The standard InChI is InChI=1S/C60H113NO3/c1-3-5-7-9-11-13-15-17-19-21-23-25-27-28-29-30-31-32-33-34-36-38-40-42-44-46-48-50-52-54-56-60(64)61-58(57-62)59(63)55-53-51-49-47-45-43-41-39-37-35-26-24-22-20-18-16-14-12-10-8-6-4-2/h28-29,37,39,45,47,53,55,58-59,62-63H,3-27,30-36,38,40-44,46,48-52,54,56-57H2,1-2H3,(H,61,64)/b29-28-,39-37+,47-45+,55-53+. The fourth-order valence-electron chi connectivity index (χ4n) is 8.86. The first-order valence-electron chi connectivity index (χ1n) is 28.9. The summed E-state index contributed by atoms with van der Waals surface area (Å²) in [6, 6.07) is -0.646. The zero-order valence-electron chi connectivity index (χ0n) is 43.3. The molecule has 0 bridgehead atoms. The van der Waals surface area contributed by atoms with E-state index in [4.69, 9.17) is 0 Å². The molecule has 64 heavy (non-hydrogen) atoms. The summed E-state index contributed by atoms with van der Waals surface area (Å²) in [6.07, 6.45) is 77.1. The molecule has 0 aliphatic rings. The maximum Gasteiger partial charge on any atom is 0.220 e. The molecule has 0 spiro atoms. The Balaban J connectivity index is 3.52. The average molecular weight is 897 g/mol. The van der Waals surface area contributed by atoms with Crippen molar-refractivity contribution >= 4 is 5.91 Å². The van der Waals surface area contributed by atoms with Gasteiger partial charge in [0.2, 0.25) is 5.91 Å². The Morgan fingerprint density at radius 2 is 0.609 bits per heavy atom. The van der Waals surface area contributed by atoms with Gasteiger partial charge in [0, 0.05) is 6.42 Å². The lowest BCUT2D eigenvalue weighted by molar-refractivity contribution is -0.123. The Morgan fingerprint density at radius 3 is 0.906 bits per heavy atom. The van der Waals surface area contributed by atoms with Crippen LogP contribution in [0.1, 0.15) is 309 Å². The smallest absolute Gasteiger partial charge is 0.220 e. The van der Waals surface area contributed by atoms with Crippen molar-refractivity contribution in [2.75, 3.05) is 6.61 Å². The molecule has 1 amide bonds. The largest absolute Gasteiger partial charge is 0.394 e. The number of amides is 1. The van der Waals surface area contributed by atoms with Crippen molar-refractivity contribution in [3.8, 4) is 0 Å². The first-order chi connectivity index (χ1) is 31.7. The summed E-state index contributed by atoms with van der Waals surface area (Å²) >= 11 is 0. The maximum atomic E-state index is 12.5. The molecule has 0 rings (SSSR count). The first kappa shape index (κ1) is 62.4. The molecule has 376 valence electrons. The van der Waals surface area contributed by atoms with Gasteiger partial charge < -0.3 is 15.5 Å². The highest BCUT2D eigenvalue weighted by molar-refractivity contribution is 5.76. The van der Waals surface area contributed by atoms with Crippen LogP contribution in [0.3, 0.4) is 0 Å². The molecule has 0 aromatic rings. The van der Waals surface area contributed by atoms with E-state index in [-0.39, 0.29) is 12.5 Å². The maximum absolute atomic E-state index is 12.5. The van der Waals surface area contributed by atoms with Crippen LogP contribution in [0.4, 0.5) is 0 Å². The molecule has 0 heterocycles. The number of aliphatic hydroxyl groups is 2. The molecule has 0 aliphatic heterocycles. The molecule has 0 aromatic heterocycles. The van der Waals surface area contributed by atoms with Crippen molar-refractivity contribution in [1.29, 1.82) is 0 Å². The summed E-state index contributed by atoms with van der Waals surface area (Å²) < 4.78 is 0. The van der Waals surface area contributed by atoms with E-state index in [1.54, 1.807) is 6.08 Å². The molecule has 2 unspecified atom stereocenters. The SMILES string of the molecule is CCCCCCCCCCCCCC/C=C\CCCCCCCCCCCCCCCCC(=O)NC(CO)C(O)/C=C/CC/C=C/CC/C=C/CCCCCCCCCCCCCC. The number of carbonyl (C=O) groups excluding carboxylic acids is 1. The molecule has 3 N–H and O–H groups in total. The van der Waals surface area contributed by atoms with Gasteiger partial charge in [0.1, 0.15) is 0 Å². The van der Waals surface area contributed by atoms with Gasteiger partial charge in [-0.3, -0.25) is 4.79 Å².